The SMILES string of the molecule is Nc1cn(CC2CCCCC2C(=O)O)nc1C(F)F. The molecular formula is C12H17F2N3O2. The molecule has 2 unspecified atom stereocenters. The zero-order valence-electron chi connectivity index (χ0n) is 10.4. The lowest BCUT2D eigenvalue weighted by molar-refractivity contribution is -0.145. The van der Waals surface area contributed by atoms with Gasteiger partial charge in [-0.15, -0.1) is 0 Å². The molecule has 19 heavy (non-hydrogen) atoms. The van der Waals surface area contributed by atoms with Crippen LogP contribution in [0.4, 0.5) is 14.5 Å². The Balaban J connectivity index is 2.11. The topological polar surface area (TPSA) is 81.1 Å². The van der Waals surface area contributed by atoms with Gasteiger partial charge in [0.05, 0.1) is 11.6 Å². The van der Waals surface area contributed by atoms with E-state index < -0.39 is 24.0 Å². The minimum atomic E-state index is -2.71. The van der Waals surface area contributed by atoms with Crippen LogP contribution in [0.15, 0.2) is 6.20 Å². The summed E-state index contributed by atoms with van der Waals surface area (Å²) >= 11 is 0. The lowest BCUT2D eigenvalue weighted by Gasteiger charge is -2.28. The number of anilines is 1. The van der Waals surface area contributed by atoms with E-state index in [-0.39, 0.29) is 11.6 Å². The summed E-state index contributed by atoms with van der Waals surface area (Å²) in [6, 6.07) is 0. The Bertz CT molecular complexity index is 462. The average molecular weight is 273 g/mol. The molecule has 106 valence electrons. The van der Waals surface area contributed by atoms with Gasteiger partial charge in [-0.3, -0.25) is 9.48 Å². The summed E-state index contributed by atoms with van der Waals surface area (Å²) in [6.07, 6.45) is 1.93. The maximum Gasteiger partial charge on any atom is 0.306 e. The number of nitrogens with zero attached hydrogens (tertiary/aromatic N) is 2. The van der Waals surface area contributed by atoms with Crippen LogP contribution in [0.2, 0.25) is 0 Å². The lowest BCUT2D eigenvalue weighted by Crippen LogP contribution is -2.30. The molecule has 3 N–H and O–H groups in total. The fourth-order valence-electron chi connectivity index (χ4n) is 2.71. The van der Waals surface area contributed by atoms with E-state index in [4.69, 9.17) is 10.8 Å². The van der Waals surface area contributed by atoms with Gasteiger partial charge in [-0.25, -0.2) is 8.78 Å². The summed E-state index contributed by atoms with van der Waals surface area (Å²) in [5.74, 6) is -1.32. The standard InChI is InChI=1S/C12H17F2N3O2/c13-11(14)10-9(15)6-17(16-10)5-7-3-1-2-4-8(7)12(18)19/h6-8,11H,1-5,15H2,(H,18,19). The second-order valence-electron chi connectivity index (χ2n) is 4.98. The third-order valence-electron chi connectivity index (χ3n) is 3.67. The Morgan fingerprint density at radius 1 is 1.53 bits per heavy atom. The van der Waals surface area contributed by atoms with Crippen LogP contribution in [0, 0.1) is 11.8 Å². The summed E-state index contributed by atoms with van der Waals surface area (Å²) in [6.45, 7) is 0.327. The number of carboxylic acid groups (broad SMARTS) is 1. The second kappa shape index (κ2) is 5.54. The van der Waals surface area contributed by atoms with Crippen LogP contribution in [0.25, 0.3) is 0 Å². The van der Waals surface area contributed by atoms with E-state index in [0.717, 1.165) is 19.3 Å². The number of rotatable bonds is 4. The van der Waals surface area contributed by atoms with Crippen molar-refractivity contribution in [2.24, 2.45) is 11.8 Å². The molecule has 1 aliphatic carbocycles. The van der Waals surface area contributed by atoms with Gasteiger partial charge in [0, 0.05) is 12.7 Å². The van der Waals surface area contributed by atoms with Crippen LogP contribution in [0.3, 0.4) is 0 Å². The van der Waals surface area contributed by atoms with E-state index in [0.29, 0.717) is 13.0 Å². The highest BCUT2D eigenvalue weighted by Crippen LogP contribution is 2.32. The minimum Gasteiger partial charge on any atom is -0.481 e. The highest BCUT2D eigenvalue weighted by atomic mass is 19.3. The van der Waals surface area contributed by atoms with Crippen molar-refractivity contribution in [2.45, 2.75) is 38.7 Å². The fourth-order valence-corrected chi connectivity index (χ4v) is 2.71. The molecule has 0 aliphatic heterocycles. The number of carboxylic acids is 1. The number of halogens is 2. The summed E-state index contributed by atoms with van der Waals surface area (Å²) in [5.41, 5.74) is 4.99. The van der Waals surface area contributed by atoms with Crippen molar-refractivity contribution in [3.63, 3.8) is 0 Å². The number of aromatic nitrogens is 2. The largest absolute Gasteiger partial charge is 0.481 e. The molecule has 1 heterocycles. The number of carbonyl (C=O) groups is 1. The van der Waals surface area contributed by atoms with Gasteiger partial charge in [0.15, 0.2) is 5.69 Å². The lowest BCUT2D eigenvalue weighted by atomic mass is 9.79. The Hall–Kier alpha value is -1.66. The second-order valence-corrected chi connectivity index (χ2v) is 4.98. The molecule has 0 radical (unpaired) electrons. The first kappa shape index (κ1) is 13.8. The van der Waals surface area contributed by atoms with Crippen molar-refractivity contribution in [2.75, 3.05) is 5.73 Å². The number of nitrogen functional groups attached to an aromatic ring is 1. The molecule has 0 spiro atoms. The molecule has 2 rings (SSSR count). The van der Waals surface area contributed by atoms with Crippen LogP contribution >= 0.6 is 0 Å². The van der Waals surface area contributed by atoms with E-state index in [9.17, 15) is 13.6 Å². The predicted octanol–water partition coefficient (Wildman–Crippen LogP) is 2.29. The quantitative estimate of drug-likeness (QED) is 0.882. The monoisotopic (exact) mass is 273 g/mol. The van der Waals surface area contributed by atoms with Gasteiger partial charge in [-0.2, -0.15) is 5.10 Å². The van der Waals surface area contributed by atoms with Crippen LogP contribution < -0.4 is 5.73 Å². The van der Waals surface area contributed by atoms with Crippen LogP contribution in [0.1, 0.15) is 37.8 Å². The summed E-state index contributed by atoms with van der Waals surface area (Å²) in [5, 5.41) is 12.9. The molecule has 1 fully saturated rings. The molecule has 0 amide bonds. The van der Waals surface area contributed by atoms with Crippen LogP contribution in [-0.2, 0) is 11.3 Å². The van der Waals surface area contributed by atoms with Crippen molar-refractivity contribution < 1.29 is 18.7 Å². The highest BCUT2D eigenvalue weighted by Gasteiger charge is 2.31. The zero-order chi connectivity index (χ0) is 14.0. The average Bonchev–Trinajstić information content (AvgIpc) is 2.71. The predicted molar refractivity (Wildman–Crippen MR) is 64.7 cm³/mol. The Morgan fingerprint density at radius 2 is 2.21 bits per heavy atom. The Morgan fingerprint density at radius 3 is 2.79 bits per heavy atom. The number of hydrogen-bond donors (Lipinski definition) is 2. The van der Waals surface area contributed by atoms with Gasteiger partial charge in [-0.05, 0) is 18.8 Å². The fraction of sp³-hybridized carbons (Fsp3) is 0.667. The van der Waals surface area contributed by atoms with Crippen molar-refractivity contribution in [1.82, 2.24) is 9.78 Å². The summed E-state index contributed by atoms with van der Waals surface area (Å²) in [4.78, 5) is 11.2. The third kappa shape index (κ3) is 3.02. The molecule has 1 saturated carbocycles. The molecule has 7 heteroatoms. The minimum absolute atomic E-state index is 0.0438. The van der Waals surface area contributed by atoms with Gasteiger partial charge in [-0.1, -0.05) is 12.8 Å². The molecule has 0 bridgehead atoms. The Kier molecular flexibility index (Phi) is 4.01. The number of hydrogen-bond acceptors (Lipinski definition) is 3. The van der Waals surface area contributed by atoms with E-state index in [1.165, 1.54) is 10.9 Å². The zero-order valence-corrected chi connectivity index (χ0v) is 10.4. The number of aliphatic carboxylic acids is 1. The van der Waals surface area contributed by atoms with Gasteiger partial charge in [0.1, 0.15) is 0 Å². The van der Waals surface area contributed by atoms with Crippen LogP contribution in [0.5, 0.6) is 0 Å². The molecule has 1 aromatic heterocycles. The van der Waals surface area contributed by atoms with E-state index in [2.05, 4.69) is 5.10 Å². The summed E-state index contributed by atoms with van der Waals surface area (Å²) in [7, 11) is 0. The highest BCUT2D eigenvalue weighted by molar-refractivity contribution is 5.70. The molecule has 0 aromatic carbocycles. The van der Waals surface area contributed by atoms with E-state index >= 15 is 0 Å². The molecular weight excluding hydrogens is 256 g/mol. The first-order chi connectivity index (χ1) is 8.99. The van der Waals surface area contributed by atoms with Gasteiger partial charge >= 0.3 is 5.97 Å². The van der Waals surface area contributed by atoms with Crippen molar-refractivity contribution in [3.05, 3.63) is 11.9 Å². The first-order valence-electron chi connectivity index (χ1n) is 6.32. The molecule has 2 atom stereocenters. The van der Waals surface area contributed by atoms with Gasteiger partial charge < -0.3 is 10.8 Å². The maximum absolute atomic E-state index is 12.6. The van der Waals surface area contributed by atoms with Crippen molar-refractivity contribution in [3.8, 4) is 0 Å². The van der Waals surface area contributed by atoms with Gasteiger partial charge in [0.25, 0.3) is 6.43 Å². The van der Waals surface area contributed by atoms with E-state index in [1.54, 1.807) is 0 Å². The number of nitrogens with two attached hydrogens (primary N) is 1. The Labute approximate surface area is 109 Å². The third-order valence-corrected chi connectivity index (χ3v) is 3.67. The molecule has 0 saturated heterocycles. The molecule has 1 aliphatic rings. The van der Waals surface area contributed by atoms with E-state index in [1.807, 2.05) is 0 Å². The van der Waals surface area contributed by atoms with Gasteiger partial charge in [0.2, 0.25) is 0 Å². The van der Waals surface area contributed by atoms with Crippen LogP contribution in [-0.4, -0.2) is 20.9 Å². The molecule has 1 aromatic rings. The normalized spacial score (nSPS) is 23.7. The van der Waals surface area contributed by atoms with Crippen molar-refractivity contribution in [1.29, 1.82) is 0 Å². The smallest absolute Gasteiger partial charge is 0.306 e. The molecule has 5 nitrogen and oxygen atoms in total. The first-order valence-corrected chi connectivity index (χ1v) is 6.32. The number of alkyl halides is 2. The van der Waals surface area contributed by atoms with Crippen molar-refractivity contribution >= 4 is 11.7 Å². The maximum atomic E-state index is 12.6. The summed E-state index contributed by atoms with van der Waals surface area (Å²) < 4.78 is 26.5.